The third kappa shape index (κ3) is 8.05. The van der Waals surface area contributed by atoms with Gasteiger partial charge in [0.15, 0.2) is 5.78 Å². The number of carbonyl (C=O) groups excluding carboxylic acids is 1. The molecular weight excluding hydrogens is 563 g/mol. The molecule has 0 aliphatic rings. The van der Waals surface area contributed by atoms with Crippen molar-refractivity contribution in [1.82, 2.24) is 4.98 Å². The Balaban J connectivity index is 0.000000461. The Labute approximate surface area is 200 Å². The van der Waals surface area contributed by atoms with Gasteiger partial charge in [0.25, 0.3) is 0 Å². The van der Waals surface area contributed by atoms with Gasteiger partial charge in [-0.05, 0) is 55.8 Å². The largest absolute Gasteiger partial charge is 0.512 e. The molecule has 3 aromatic rings. The van der Waals surface area contributed by atoms with E-state index in [1.807, 2.05) is 0 Å². The number of aromatic nitrogens is 1. The van der Waals surface area contributed by atoms with Crippen molar-refractivity contribution in [2.24, 2.45) is 5.92 Å². The summed E-state index contributed by atoms with van der Waals surface area (Å²) >= 11 is 0. The van der Waals surface area contributed by atoms with Crippen LogP contribution in [-0.2, 0) is 31.3 Å². The van der Waals surface area contributed by atoms with Crippen LogP contribution in [0.5, 0.6) is 0 Å². The third-order valence-electron chi connectivity index (χ3n) is 4.90. The van der Waals surface area contributed by atoms with Gasteiger partial charge in [0, 0.05) is 25.7 Å². The Bertz CT molecular complexity index is 1060. The average Bonchev–Trinajstić information content (AvgIpc) is 2.66. The zero-order chi connectivity index (χ0) is 22.4. The molecule has 4 heteroatoms. The van der Waals surface area contributed by atoms with E-state index in [0.29, 0.717) is 11.5 Å². The fraction of sp³-hybridized carbons (Fsp3) is 0.333. The molecule has 0 aliphatic carbocycles. The number of carbonyl (C=O) groups is 1. The fourth-order valence-electron chi connectivity index (χ4n) is 3.20. The maximum absolute atomic E-state index is 10.4. The van der Waals surface area contributed by atoms with Gasteiger partial charge in [0.05, 0.1) is 11.3 Å². The normalized spacial score (nSPS) is 11.4. The van der Waals surface area contributed by atoms with Crippen molar-refractivity contribution in [3.8, 4) is 11.3 Å². The molecule has 3 rings (SSSR count). The molecule has 0 spiro atoms. The number of ketones is 1. The maximum atomic E-state index is 10.4. The number of hydrogen-bond acceptors (Lipinski definition) is 3. The molecule has 0 saturated carbocycles. The van der Waals surface area contributed by atoms with Crippen molar-refractivity contribution < 1.29 is 30.0 Å². The van der Waals surface area contributed by atoms with Crippen LogP contribution >= 0.6 is 0 Å². The van der Waals surface area contributed by atoms with Crippen LogP contribution in [0.3, 0.4) is 0 Å². The summed E-state index contributed by atoms with van der Waals surface area (Å²) in [6, 6.07) is 18.6. The van der Waals surface area contributed by atoms with Gasteiger partial charge in [0.1, 0.15) is 0 Å². The van der Waals surface area contributed by atoms with Gasteiger partial charge in [-0.3, -0.25) is 9.78 Å². The molecule has 0 saturated heterocycles. The van der Waals surface area contributed by atoms with Crippen LogP contribution in [0.25, 0.3) is 22.2 Å². The first kappa shape index (κ1) is 26.7. The summed E-state index contributed by atoms with van der Waals surface area (Å²) in [5, 5.41) is 9.85. The number of aliphatic hydroxyl groups is 1. The predicted molar refractivity (Wildman–Crippen MR) is 126 cm³/mol. The third-order valence-corrected chi connectivity index (χ3v) is 4.90. The van der Waals surface area contributed by atoms with Crippen molar-refractivity contribution in [3.63, 3.8) is 0 Å². The number of benzene rings is 2. The molecule has 2 aromatic carbocycles. The number of pyridine rings is 1. The summed E-state index contributed by atoms with van der Waals surface area (Å²) in [7, 11) is 0. The first-order valence-corrected chi connectivity index (χ1v) is 10.3. The summed E-state index contributed by atoms with van der Waals surface area (Å²) in [5.74, 6) is 0.691. The quantitative estimate of drug-likeness (QED) is 0.202. The molecule has 167 valence electrons. The van der Waals surface area contributed by atoms with Gasteiger partial charge in [0.2, 0.25) is 0 Å². The zero-order valence-corrected chi connectivity index (χ0v) is 21.9. The second-order valence-corrected chi connectivity index (χ2v) is 8.34. The van der Waals surface area contributed by atoms with Gasteiger partial charge < -0.3 is 5.11 Å². The smallest absolute Gasteiger partial charge is 0.158 e. The number of Topliss-reactive ketones (excluding diaryl/α,β-unsaturated/α-hetero) is 1. The molecule has 1 heterocycles. The summed E-state index contributed by atoms with van der Waals surface area (Å²) in [6.07, 6.45) is 1.09. The number of aryl methyl sites for hydroxylation is 2. The SMILES string of the molecule is CC(=O)/C(C)=C(/C)O.Cc1[c-]c(-c2ccc3ccc(CC(C)C)cc3n2)cc(C)c1.[Ir]. The number of aliphatic hydroxyl groups excluding tert-OH is 1. The van der Waals surface area contributed by atoms with Gasteiger partial charge in [-0.2, -0.15) is 0 Å². The van der Waals surface area contributed by atoms with E-state index in [-0.39, 0.29) is 31.6 Å². The van der Waals surface area contributed by atoms with Crippen molar-refractivity contribution in [3.05, 3.63) is 76.6 Å². The molecule has 1 N–H and O–H groups in total. The molecule has 1 radical (unpaired) electrons. The Kier molecular flexibility index (Phi) is 10.3. The molecule has 31 heavy (non-hydrogen) atoms. The molecule has 0 bridgehead atoms. The molecule has 3 nitrogen and oxygen atoms in total. The van der Waals surface area contributed by atoms with E-state index in [2.05, 4.69) is 76.2 Å². The number of allylic oxidation sites excluding steroid dienone is 2. The molecule has 0 unspecified atom stereocenters. The Morgan fingerprint density at radius 3 is 2.19 bits per heavy atom. The molecule has 0 amide bonds. The van der Waals surface area contributed by atoms with E-state index in [1.165, 1.54) is 30.4 Å². The standard InChI is InChI=1S/C21H22N.C6H10O2.Ir/c1-14(2)9-17-5-6-18-7-8-20(22-21(18)13-17)19-11-15(3)10-16(4)12-19;1-4(5(2)7)6(3)8;/h5-8,10-11,13-14H,9H2,1-4H3;7H,1-3H3;/q-1;;/b;5-4-;. The van der Waals surface area contributed by atoms with Crippen molar-refractivity contribution >= 4 is 16.7 Å². The van der Waals surface area contributed by atoms with Crippen molar-refractivity contribution in [2.75, 3.05) is 0 Å². The van der Waals surface area contributed by atoms with Crippen LogP contribution < -0.4 is 0 Å². The minimum atomic E-state index is -0.0787. The van der Waals surface area contributed by atoms with E-state index in [0.717, 1.165) is 28.8 Å². The first-order chi connectivity index (χ1) is 14.1. The summed E-state index contributed by atoms with van der Waals surface area (Å²) in [6.45, 7) is 13.2. The van der Waals surface area contributed by atoms with Gasteiger partial charge >= 0.3 is 0 Å². The topological polar surface area (TPSA) is 50.2 Å². The fourth-order valence-corrected chi connectivity index (χ4v) is 3.20. The second-order valence-electron chi connectivity index (χ2n) is 8.34. The van der Waals surface area contributed by atoms with Crippen LogP contribution in [0, 0.1) is 25.8 Å². The average molecular weight is 595 g/mol. The summed E-state index contributed by atoms with van der Waals surface area (Å²) in [5.41, 5.74) is 7.35. The van der Waals surface area contributed by atoms with Crippen LogP contribution in [0.15, 0.2) is 53.8 Å². The van der Waals surface area contributed by atoms with Crippen LogP contribution in [0.1, 0.15) is 51.3 Å². The van der Waals surface area contributed by atoms with E-state index in [1.54, 1.807) is 6.92 Å². The van der Waals surface area contributed by atoms with E-state index < -0.39 is 0 Å². The van der Waals surface area contributed by atoms with Crippen LogP contribution in [0.2, 0.25) is 0 Å². The molecule has 0 aliphatic heterocycles. The molecule has 0 atom stereocenters. The van der Waals surface area contributed by atoms with Gasteiger partial charge in [-0.1, -0.05) is 52.0 Å². The van der Waals surface area contributed by atoms with Gasteiger partial charge in [-0.15, -0.1) is 34.9 Å². The zero-order valence-electron chi connectivity index (χ0n) is 19.5. The number of nitrogens with zero attached hydrogens (tertiary/aromatic N) is 1. The minimum Gasteiger partial charge on any atom is -0.512 e. The predicted octanol–water partition coefficient (Wildman–Crippen LogP) is 6.94. The Hall–Kier alpha value is -2.29. The number of rotatable bonds is 4. The number of fused-ring (bicyclic) bond motifs is 1. The summed E-state index contributed by atoms with van der Waals surface area (Å²) < 4.78 is 0. The van der Waals surface area contributed by atoms with Crippen molar-refractivity contribution in [2.45, 2.75) is 54.9 Å². The van der Waals surface area contributed by atoms with E-state index in [4.69, 9.17) is 10.1 Å². The number of hydrogen-bond donors (Lipinski definition) is 1. The van der Waals surface area contributed by atoms with E-state index in [9.17, 15) is 4.79 Å². The van der Waals surface area contributed by atoms with E-state index >= 15 is 0 Å². The monoisotopic (exact) mass is 595 g/mol. The van der Waals surface area contributed by atoms with Gasteiger partial charge in [-0.25, -0.2) is 0 Å². The molecule has 1 aromatic heterocycles. The Morgan fingerprint density at radius 2 is 1.68 bits per heavy atom. The van der Waals surface area contributed by atoms with Crippen LogP contribution in [0.4, 0.5) is 0 Å². The summed E-state index contributed by atoms with van der Waals surface area (Å²) in [4.78, 5) is 15.2. The maximum Gasteiger partial charge on any atom is 0.158 e. The first-order valence-electron chi connectivity index (χ1n) is 10.3. The second kappa shape index (κ2) is 11.9. The Morgan fingerprint density at radius 1 is 1.03 bits per heavy atom. The molecular formula is C27H32IrNO2-. The van der Waals surface area contributed by atoms with Crippen LogP contribution in [-0.4, -0.2) is 15.9 Å². The van der Waals surface area contributed by atoms with Crippen molar-refractivity contribution in [1.29, 1.82) is 0 Å². The minimum absolute atomic E-state index is 0. The molecule has 0 fully saturated rings.